The summed E-state index contributed by atoms with van der Waals surface area (Å²) < 4.78 is 19.8. The highest BCUT2D eigenvalue weighted by atomic mass is 16.8. The maximum Gasteiger partial charge on any atom is 0.393 e. The molecule has 0 radical (unpaired) electrons. The first-order valence-electron chi connectivity index (χ1n) is 5.41. The van der Waals surface area contributed by atoms with Gasteiger partial charge in [-0.2, -0.15) is 0 Å². The number of carbonyl (C=O) groups is 3. The van der Waals surface area contributed by atoms with Crippen LogP contribution in [0.5, 0.6) is 5.75 Å². The zero-order valence-corrected chi connectivity index (χ0v) is 9.80. The lowest BCUT2D eigenvalue weighted by atomic mass is 10.0. The van der Waals surface area contributed by atoms with Crippen LogP contribution in [0.25, 0.3) is 0 Å². The molecule has 98 valence electrons. The molecule has 0 N–H and O–H groups in total. The lowest BCUT2D eigenvalue weighted by molar-refractivity contribution is -0.253. The quantitative estimate of drug-likeness (QED) is 0.538. The van der Waals surface area contributed by atoms with Gasteiger partial charge in [-0.3, -0.25) is 9.53 Å². The summed E-state index contributed by atoms with van der Waals surface area (Å²) in [6, 6.07) is 4.63. The van der Waals surface area contributed by atoms with E-state index in [-0.39, 0.29) is 23.7 Å². The summed E-state index contributed by atoms with van der Waals surface area (Å²) in [5.41, 5.74) is 0.287. The van der Waals surface area contributed by atoms with E-state index in [2.05, 4.69) is 4.74 Å². The van der Waals surface area contributed by atoms with Crippen molar-refractivity contribution in [3.05, 3.63) is 29.3 Å². The van der Waals surface area contributed by atoms with Crippen molar-refractivity contribution < 1.29 is 33.3 Å². The fourth-order valence-corrected chi connectivity index (χ4v) is 2.08. The summed E-state index contributed by atoms with van der Waals surface area (Å²) in [5, 5.41) is 0. The minimum Gasteiger partial charge on any atom is -0.467 e. The first kappa shape index (κ1) is 11.7. The molecule has 1 atom stereocenters. The van der Waals surface area contributed by atoms with Crippen LogP contribution < -0.4 is 4.74 Å². The molecule has 0 bridgehead atoms. The van der Waals surface area contributed by atoms with Crippen LogP contribution >= 0.6 is 0 Å². The lowest BCUT2D eigenvalue weighted by Crippen LogP contribution is -2.44. The second-order valence-corrected chi connectivity index (χ2v) is 3.97. The Morgan fingerprint density at radius 2 is 2.16 bits per heavy atom. The number of esters is 3. The van der Waals surface area contributed by atoms with E-state index in [0.29, 0.717) is 0 Å². The van der Waals surface area contributed by atoms with E-state index in [1.807, 2.05) is 0 Å². The molecule has 2 aliphatic heterocycles. The molecule has 1 unspecified atom stereocenters. The van der Waals surface area contributed by atoms with Crippen molar-refractivity contribution in [2.24, 2.45) is 0 Å². The molecule has 0 saturated heterocycles. The maximum atomic E-state index is 12.0. The van der Waals surface area contributed by atoms with E-state index in [4.69, 9.17) is 14.2 Å². The van der Waals surface area contributed by atoms with Gasteiger partial charge in [0.1, 0.15) is 5.75 Å². The van der Waals surface area contributed by atoms with E-state index >= 15 is 0 Å². The SMILES string of the molecule is CC(=O)OC(=O)C12OCOc3cccc(c31)C(=O)O2. The van der Waals surface area contributed by atoms with Gasteiger partial charge in [0.15, 0.2) is 6.79 Å². The van der Waals surface area contributed by atoms with Crippen LogP contribution in [0.15, 0.2) is 18.2 Å². The zero-order chi connectivity index (χ0) is 13.6. The van der Waals surface area contributed by atoms with Crippen molar-refractivity contribution in [2.45, 2.75) is 12.7 Å². The zero-order valence-electron chi connectivity index (χ0n) is 9.80. The third-order valence-electron chi connectivity index (χ3n) is 2.79. The summed E-state index contributed by atoms with van der Waals surface area (Å²) >= 11 is 0. The molecule has 0 spiro atoms. The van der Waals surface area contributed by atoms with Crippen molar-refractivity contribution in [1.29, 1.82) is 0 Å². The van der Waals surface area contributed by atoms with Crippen molar-refractivity contribution in [2.75, 3.05) is 6.79 Å². The molecule has 0 aliphatic carbocycles. The molecule has 7 nitrogen and oxygen atoms in total. The minimum atomic E-state index is -2.05. The normalized spacial score (nSPS) is 23.1. The van der Waals surface area contributed by atoms with Crippen molar-refractivity contribution in [3.63, 3.8) is 0 Å². The molecule has 0 saturated carbocycles. The molecular weight excluding hydrogens is 256 g/mol. The predicted octanol–water partition coefficient (Wildman–Crippen LogP) is 0.466. The Morgan fingerprint density at radius 1 is 1.37 bits per heavy atom. The number of hydrogen-bond donors (Lipinski definition) is 0. The average Bonchev–Trinajstić information content (AvgIpc) is 2.66. The van der Waals surface area contributed by atoms with Gasteiger partial charge in [-0.25, -0.2) is 9.59 Å². The van der Waals surface area contributed by atoms with Crippen molar-refractivity contribution >= 4 is 17.9 Å². The van der Waals surface area contributed by atoms with Gasteiger partial charge in [-0.05, 0) is 12.1 Å². The van der Waals surface area contributed by atoms with E-state index < -0.39 is 23.7 Å². The van der Waals surface area contributed by atoms with Crippen molar-refractivity contribution in [3.8, 4) is 5.75 Å². The first-order valence-corrected chi connectivity index (χ1v) is 5.41. The fourth-order valence-electron chi connectivity index (χ4n) is 2.08. The van der Waals surface area contributed by atoms with Crippen LogP contribution in [0.3, 0.4) is 0 Å². The van der Waals surface area contributed by atoms with Crippen LogP contribution in [-0.2, 0) is 29.6 Å². The first-order chi connectivity index (χ1) is 9.04. The molecule has 3 rings (SSSR count). The Balaban J connectivity index is 2.16. The van der Waals surface area contributed by atoms with Crippen LogP contribution in [-0.4, -0.2) is 24.7 Å². The summed E-state index contributed by atoms with van der Waals surface area (Å²) in [6.07, 6.45) is 0. The predicted molar refractivity (Wildman–Crippen MR) is 56.9 cm³/mol. The number of carbonyl (C=O) groups excluding carboxylic acids is 3. The van der Waals surface area contributed by atoms with Gasteiger partial charge in [0.2, 0.25) is 0 Å². The Kier molecular flexibility index (Phi) is 2.33. The Bertz CT molecular complexity index is 606. The highest BCUT2D eigenvalue weighted by molar-refractivity contribution is 6.02. The third kappa shape index (κ3) is 1.52. The van der Waals surface area contributed by atoms with E-state index in [9.17, 15) is 14.4 Å². The largest absolute Gasteiger partial charge is 0.467 e. The standard InChI is InChI=1S/C12H8O7/c1-6(13)18-11(15)12-9-7(10(14)19-12)3-2-4-8(9)16-5-17-12/h2-4H,5H2,1H3. The van der Waals surface area contributed by atoms with Gasteiger partial charge in [-0.15, -0.1) is 0 Å². The summed E-state index contributed by atoms with van der Waals surface area (Å²) in [7, 11) is 0. The number of ether oxygens (including phenoxy) is 4. The topological polar surface area (TPSA) is 88.1 Å². The Hall–Kier alpha value is -2.41. The smallest absolute Gasteiger partial charge is 0.393 e. The molecule has 0 fully saturated rings. The highest BCUT2D eigenvalue weighted by Crippen LogP contribution is 2.46. The average molecular weight is 264 g/mol. The molecule has 19 heavy (non-hydrogen) atoms. The Labute approximate surface area is 107 Å². The lowest BCUT2D eigenvalue weighted by Gasteiger charge is -2.30. The molecular formula is C12H8O7. The second-order valence-electron chi connectivity index (χ2n) is 3.97. The van der Waals surface area contributed by atoms with E-state index in [0.717, 1.165) is 6.92 Å². The maximum absolute atomic E-state index is 12.0. The number of hydrogen-bond acceptors (Lipinski definition) is 7. The van der Waals surface area contributed by atoms with E-state index in [1.165, 1.54) is 6.07 Å². The molecule has 1 aromatic rings. The van der Waals surface area contributed by atoms with Crippen LogP contribution in [0, 0.1) is 0 Å². The van der Waals surface area contributed by atoms with Gasteiger partial charge >= 0.3 is 23.7 Å². The molecule has 2 heterocycles. The minimum absolute atomic E-state index is 0.137. The van der Waals surface area contributed by atoms with E-state index in [1.54, 1.807) is 12.1 Å². The third-order valence-corrected chi connectivity index (χ3v) is 2.79. The fraction of sp³-hybridized carbons (Fsp3) is 0.250. The monoisotopic (exact) mass is 264 g/mol. The molecule has 2 aliphatic rings. The van der Waals surface area contributed by atoms with Crippen molar-refractivity contribution in [1.82, 2.24) is 0 Å². The molecule has 7 heteroatoms. The van der Waals surface area contributed by atoms with Crippen LogP contribution in [0.2, 0.25) is 0 Å². The van der Waals surface area contributed by atoms with Gasteiger partial charge in [0.25, 0.3) is 0 Å². The summed E-state index contributed by atoms with van der Waals surface area (Å²) in [5.74, 6) is -4.41. The molecule has 0 amide bonds. The van der Waals surface area contributed by atoms with Crippen LogP contribution in [0.4, 0.5) is 0 Å². The highest BCUT2D eigenvalue weighted by Gasteiger charge is 2.59. The summed E-state index contributed by atoms with van der Waals surface area (Å²) in [4.78, 5) is 34.7. The summed E-state index contributed by atoms with van der Waals surface area (Å²) in [6.45, 7) is 0.772. The Morgan fingerprint density at radius 3 is 2.89 bits per heavy atom. The number of benzene rings is 1. The van der Waals surface area contributed by atoms with Gasteiger partial charge in [0.05, 0.1) is 11.1 Å². The number of rotatable bonds is 1. The van der Waals surface area contributed by atoms with Gasteiger partial charge < -0.3 is 14.2 Å². The molecule has 1 aromatic carbocycles. The van der Waals surface area contributed by atoms with Gasteiger partial charge in [-0.1, -0.05) is 6.07 Å². The molecule has 0 aromatic heterocycles. The second kappa shape index (κ2) is 3.79. The van der Waals surface area contributed by atoms with Crippen LogP contribution in [0.1, 0.15) is 22.8 Å². The van der Waals surface area contributed by atoms with Gasteiger partial charge in [0, 0.05) is 6.92 Å².